The van der Waals surface area contributed by atoms with E-state index in [1.807, 2.05) is 0 Å². The third kappa shape index (κ3) is 14.3. The number of aromatic nitrogens is 1. The van der Waals surface area contributed by atoms with Crippen LogP contribution in [-0.2, 0) is 65.2 Å². The maximum absolute atomic E-state index is 16.0. The van der Waals surface area contributed by atoms with Crippen molar-refractivity contribution in [3.05, 3.63) is 23.8 Å². The van der Waals surface area contributed by atoms with E-state index in [0.29, 0.717) is 24.1 Å². The molecule has 12 atom stereocenters. The summed E-state index contributed by atoms with van der Waals surface area (Å²) in [6.07, 6.45) is -5.90. The Balaban J connectivity index is 1.64. The number of hydrogen-bond acceptors (Lipinski definition) is 18. The molecule has 12 N–H and O–H groups in total. The molecule has 6 rings (SSSR count). The van der Waals surface area contributed by atoms with Crippen LogP contribution in [0.5, 0.6) is 5.75 Å². The molecule has 4 aliphatic rings. The predicted molar refractivity (Wildman–Crippen MR) is 275 cm³/mol. The van der Waals surface area contributed by atoms with E-state index < -0.39 is 181 Å². The van der Waals surface area contributed by atoms with Crippen molar-refractivity contribution >= 4 is 102 Å². The van der Waals surface area contributed by atoms with Crippen molar-refractivity contribution in [3.63, 3.8) is 0 Å². The average Bonchev–Trinajstić information content (AvgIpc) is 3.94. The molecule has 27 heteroatoms. The summed E-state index contributed by atoms with van der Waals surface area (Å²) in [6.45, 7) is 3.78. The summed E-state index contributed by atoms with van der Waals surface area (Å²) in [7, 11) is 0.301. The van der Waals surface area contributed by atoms with Gasteiger partial charge in [0.15, 0.2) is 17.3 Å². The van der Waals surface area contributed by atoms with Crippen LogP contribution in [0.1, 0.15) is 71.8 Å². The Morgan fingerprint density at radius 2 is 1.63 bits per heavy atom. The summed E-state index contributed by atoms with van der Waals surface area (Å²) in [5.41, 5.74) is 3.88. The molecule has 75 heavy (non-hydrogen) atoms. The SMILES string of the molecule is CC[C@H](C)[C@@H]1NC(=O)CNC(=O)[C@H]2CC(=O)[C@H]([C@@H](C)[C@@H](O)CO)NC(=O)[C@@H]3CC(O)CN3C3(CCSSCCNC(C)=O)Oc4ccc5c(c([nH]c5c4)[S@](=O)CC(NC(=O)CNC1=O)C(=O)C[C@@H](CC(N)=O)C3=O)C2. The van der Waals surface area contributed by atoms with Crippen LogP contribution in [0.2, 0.25) is 0 Å². The molecule has 1 aromatic heterocycles. The van der Waals surface area contributed by atoms with Crippen LogP contribution in [0.4, 0.5) is 0 Å². The molecule has 7 amide bonds. The summed E-state index contributed by atoms with van der Waals surface area (Å²) < 4.78 is 21.9. The van der Waals surface area contributed by atoms with Gasteiger partial charge in [-0.3, -0.25) is 52.2 Å². The molecule has 0 aliphatic carbocycles. The molecular formula is C48H67N9O15S3. The maximum Gasteiger partial charge on any atom is 0.243 e. The van der Waals surface area contributed by atoms with E-state index in [-0.39, 0.29) is 52.8 Å². The number of nitrogens with zero attached hydrogens (tertiary/aromatic N) is 1. The number of amides is 7. The number of fused-ring (bicyclic) bond motifs is 7. The van der Waals surface area contributed by atoms with Gasteiger partial charge in [0.25, 0.3) is 0 Å². The molecule has 0 saturated carbocycles. The minimum atomic E-state index is -2.35. The van der Waals surface area contributed by atoms with Crippen molar-refractivity contribution < 1.29 is 72.2 Å². The van der Waals surface area contributed by atoms with Gasteiger partial charge in [-0.05, 0) is 36.5 Å². The number of aromatic amines is 1. The standard InChI is InChI=1S/C48H67N9O15S3/c1-5-23(2)41-46(70)52-18-39(65)53-33-22-75(71)47-31-12-27(44(68)51-19-40(66)55-41)14-36(62)42(24(3)37(63)21-58)56-45(69)34-16-28(60)20-57(34)48(8-10-73-74-11-9-50-25(4)59,43(67)26(13-35(33)61)15-38(49)64)72-29-6-7-30(31)32(17-29)54-47/h6-7,17,23-24,26-28,33-34,37,41-42,54,58,60,63H,5,8-16,18-22H2,1-4H3,(H2,49,64)(H,50,59)(H,51,68)(H,52,70)(H,53,65)(H,55,66)(H,56,69)/t23-,24-,26-,27+,28?,33?,34-,37-,41-,42-,48?,75+/m0/s1. The molecule has 5 heterocycles. The Bertz CT molecular complexity index is 2570. The molecule has 24 nitrogen and oxygen atoms in total. The third-order valence-corrected chi connectivity index (χ3v) is 18.0. The molecule has 1 aromatic carbocycles. The van der Waals surface area contributed by atoms with Crippen molar-refractivity contribution in [3.8, 4) is 5.75 Å². The van der Waals surface area contributed by atoms with Gasteiger partial charge in [0, 0.05) is 86.4 Å². The van der Waals surface area contributed by atoms with Gasteiger partial charge in [0.05, 0.1) is 72.1 Å². The van der Waals surface area contributed by atoms with Gasteiger partial charge in [0.2, 0.25) is 47.1 Å². The van der Waals surface area contributed by atoms with E-state index in [2.05, 4.69) is 36.9 Å². The van der Waals surface area contributed by atoms with Gasteiger partial charge >= 0.3 is 0 Å². The highest BCUT2D eigenvalue weighted by Crippen LogP contribution is 2.41. The van der Waals surface area contributed by atoms with E-state index >= 15 is 9.59 Å². The monoisotopic (exact) mass is 1110 g/mol. The van der Waals surface area contributed by atoms with E-state index in [0.717, 1.165) is 0 Å². The van der Waals surface area contributed by atoms with Crippen molar-refractivity contribution in [2.45, 2.75) is 120 Å². The normalized spacial score (nSPS) is 28.9. The van der Waals surface area contributed by atoms with Crippen LogP contribution in [0.3, 0.4) is 0 Å². The first-order valence-corrected chi connectivity index (χ1v) is 28.6. The second kappa shape index (κ2) is 26.1. The average molecular weight is 1110 g/mol. The van der Waals surface area contributed by atoms with Crippen LogP contribution in [0.15, 0.2) is 23.2 Å². The lowest BCUT2D eigenvalue weighted by atomic mass is 9.84. The molecule has 8 bridgehead atoms. The first-order chi connectivity index (χ1) is 35.6. The fraction of sp³-hybridized carbons (Fsp3) is 0.625. The lowest BCUT2D eigenvalue weighted by Gasteiger charge is -2.44. The number of ether oxygens (including phenoxy) is 1. The Morgan fingerprint density at radius 1 is 0.933 bits per heavy atom. The van der Waals surface area contributed by atoms with Crippen LogP contribution < -0.4 is 42.4 Å². The highest BCUT2D eigenvalue weighted by Gasteiger charge is 2.57. The molecule has 4 aliphatic heterocycles. The van der Waals surface area contributed by atoms with Crippen LogP contribution in [0, 0.1) is 23.7 Å². The number of benzene rings is 1. The Hall–Kier alpha value is -5.45. The van der Waals surface area contributed by atoms with Crippen molar-refractivity contribution in [2.75, 3.05) is 50.0 Å². The van der Waals surface area contributed by atoms with Crippen molar-refractivity contribution in [1.82, 2.24) is 41.8 Å². The van der Waals surface area contributed by atoms with Gasteiger partial charge in [-0.2, -0.15) is 0 Å². The number of carbonyl (C=O) groups is 10. The summed E-state index contributed by atoms with van der Waals surface area (Å²) in [5, 5.41) is 48.5. The fourth-order valence-corrected chi connectivity index (χ4v) is 13.3. The largest absolute Gasteiger partial charge is 0.465 e. The molecule has 2 aromatic rings. The molecule has 412 valence electrons. The van der Waals surface area contributed by atoms with Crippen molar-refractivity contribution in [1.29, 1.82) is 0 Å². The third-order valence-electron chi connectivity index (χ3n) is 14.1. The molecule has 1 saturated heterocycles. The maximum atomic E-state index is 16.0. The fourth-order valence-electron chi connectivity index (χ4n) is 9.89. The number of H-pyrrole nitrogens is 1. The van der Waals surface area contributed by atoms with Crippen LogP contribution in [-0.4, -0.2) is 180 Å². The number of nitrogens with one attached hydrogen (secondary N) is 7. The number of aliphatic hydroxyl groups is 3. The molecular weight excluding hydrogens is 1040 g/mol. The quantitative estimate of drug-likeness (QED) is 0.0694. The summed E-state index contributed by atoms with van der Waals surface area (Å²) in [4.78, 5) is 145. The Morgan fingerprint density at radius 3 is 2.31 bits per heavy atom. The second-order valence-corrected chi connectivity index (χ2v) is 23.7. The number of ketones is 3. The summed E-state index contributed by atoms with van der Waals surface area (Å²) in [5.74, 6) is -13.3. The van der Waals surface area contributed by atoms with Crippen LogP contribution >= 0.6 is 21.6 Å². The Labute approximate surface area is 442 Å². The van der Waals surface area contributed by atoms with Crippen LogP contribution in [0.25, 0.3) is 10.9 Å². The van der Waals surface area contributed by atoms with E-state index in [4.69, 9.17) is 10.5 Å². The molecule has 0 spiro atoms. The van der Waals surface area contributed by atoms with E-state index in [1.54, 1.807) is 19.9 Å². The molecule has 3 unspecified atom stereocenters. The number of nitrogens with two attached hydrogens (primary N) is 1. The number of Topliss-reactive ketones (excluding diaryl/α,β-unsaturated/α-hetero) is 3. The van der Waals surface area contributed by atoms with Gasteiger partial charge in [0.1, 0.15) is 16.8 Å². The van der Waals surface area contributed by atoms with E-state index in [1.165, 1.54) is 52.5 Å². The van der Waals surface area contributed by atoms with Gasteiger partial charge in [-0.25, -0.2) is 4.90 Å². The topological polar surface area (TPSA) is 375 Å². The first-order valence-electron chi connectivity index (χ1n) is 24.8. The smallest absolute Gasteiger partial charge is 0.243 e. The minimum Gasteiger partial charge on any atom is -0.465 e. The first kappa shape index (κ1) is 58.8. The Kier molecular flexibility index (Phi) is 20.4. The lowest BCUT2D eigenvalue weighted by molar-refractivity contribution is -0.167. The highest BCUT2D eigenvalue weighted by molar-refractivity contribution is 8.76. The zero-order valence-corrected chi connectivity index (χ0v) is 44.6. The number of rotatable bonds is 14. The summed E-state index contributed by atoms with van der Waals surface area (Å²) in [6, 6.07) is -1.58. The lowest BCUT2D eigenvalue weighted by Crippen LogP contribution is -2.66. The second-order valence-electron chi connectivity index (χ2n) is 19.5. The number of primary amides is 1. The zero-order valence-electron chi connectivity index (χ0n) is 42.1. The highest BCUT2D eigenvalue weighted by atomic mass is 33.1. The number of carbonyl (C=O) groups excluding carboxylic acids is 10. The number of aliphatic hydroxyl groups excluding tert-OH is 3. The van der Waals surface area contributed by atoms with Gasteiger partial charge in [-0.1, -0.05) is 48.8 Å². The van der Waals surface area contributed by atoms with Gasteiger partial charge < -0.3 is 62.7 Å². The minimum absolute atomic E-state index is 0.0143. The number of hydrogen-bond donors (Lipinski definition) is 11. The molecule has 0 radical (unpaired) electrons. The molecule has 1 fully saturated rings. The summed E-state index contributed by atoms with van der Waals surface area (Å²) >= 11 is 0. The van der Waals surface area contributed by atoms with E-state index in [9.17, 15) is 57.9 Å². The zero-order chi connectivity index (χ0) is 54.9. The predicted octanol–water partition coefficient (Wildman–Crippen LogP) is -2.41. The van der Waals surface area contributed by atoms with Gasteiger partial charge in [-0.15, -0.1) is 0 Å². The van der Waals surface area contributed by atoms with Crippen molar-refractivity contribution in [2.24, 2.45) is 29.4 Å².